The van der Waals surface area contributed by atoms with Gasteiger partial charge in [-0.05, 0) is 18.2 Å². The quantitative estimate of drug-likeness (QED) is 0.939. The summed E-state index contributed by atoms with van der Waals surface area (Å²) in [7, 11) is 1.50. The van der Waals surface area contributed by atoms with E-state index < -0.39 is 0 Å². The van der Waals surface area contributed by atoms with Gasteiger partial charge in [-0.15, -0.1) is 0 Å². The van der Waals surface area contributed by atoms with E-state index in [1.807, 2.05) is 24.3 Å². The molecule has 108 valence electrons. The van der Waals surface area contributed by atoms with Crippen LogP contribution in [0.2, 0.25) is 0 Å². The molecule has 1 aromatic heterocycles. The molecule has 0 aliphatic carbocycles. The lowest BCUT2D eigenvalue weighted by Gasteiger charge is -2.26. The maximum atomic E-state index is 12.4. The number of pyridine rings is 1. The topological polar surface area (TPSA) is 60.5 Å². The monoisotopic (exact) mass is 284 g/mol. The molecule has 1 amide bonds. The van der Waals surface area contributed by atoms with E-state index in [9.17, 15) is 4.79 Å². The van der Waals surface area contributed by atoms with Crippen LogP contribution in [-0.2, 0) is 0 Å². The minimum Gasteiger partial charge on any atom is -0.493 e. The summed E-state index contributed by atoms with van der Waals surface area (Å²) < 4.78 is 10.7. The summed E-state index contributed by atoms with van der Waals surface area (Å²) >= 11 is 0. The van der Waals surface area contributed by atoms with Gasteiger partial charge in [0.05, 0.1) is 19.8 Å². The standard InChI is InChI=1S/C16H16N2O3/c1-20-16-12(6-4-9-17-16)15(19)18-13-8-10-21-14-7-3-2-5-11(13)14/h2-7,9,13H,8,10H2,1H3,(H,18,19)/t13-/m0/s1. The Hall–Kier alpha value is -2.56. The number of benzene rings is 1. The average Bonchev–Trinajstić information content (AvgIpc) is 2.55. The molecular weight excluding hydrogens is 268 g/mol. The molecule has 2 heterocycles. The van der Waals surface area contributed by atoms with Gasteiger partial charge in [0.2, 0.25) is 5.88 Å². The Labute approximate surface area is 122 Å². The molecule has 2 aromatic rings. The number of para-hydroxylation sites is 1. The highest BCUT2D eigenvalue weighted by Gasteiger charge is 2.24. The van der Waals surface area contributed by atoms with Crippen molar-refractivity contribution in [2.24, 2.45) is 0 Å². The SMILES string of the molecule is COc1ncccc1C(=O)N[C@H]1CCOc2ccccc21. The molecule has 0 radical (unpaired) electrons. The normalized spacial score (nSPS) is 16.5. The Bertz CT molecular complexity index is 657. The van der Waals surface area contributed by atoms with Crippen LogP contribution < -0.4 is 14.8 Å². The van der Waals surface area contributed by atoms with Gasteiger partial charge in [-0.25, -0.2) is 4.98 Å². The molecule has 0 bridgehead atoms. The fourth-order valence-electron chi connectivity index (χ4n) is 2.45. The number of hydrogen-bond acceptors (Lipinski definition) is 4. The van der Waals surface area contributed by atoms with Crippen molar-refractivity contribution in [3.63, 3.8) is 0 Å². The third-order valence-corrected chi connectivity index (χ3v) is 3.47. The van der Waals surface area contributed by atoms with Crippen LogP contribution in [0, 0.1) is 0 Å². The first-order valence-corrected chi connectivity index (χ1v) is 6.81. The van der Waals surface area contributed by atoms with Crippen molar-refractivity contribution in [2.75, 3.05) is 13.7 Å². The van der Waals surface area contributed by atoms with Crippen LogP contribution in [0.5, 0.6) is 11.6 Å². The first-order valence-electron chi connectivity index (χ1n) is 6.81. The minimum atomic E-state index is -0.193. The number of carbonyl (C=O) groups is 1. The lowest BCUT2D eigenvalue weighted by Crippen LogP contribution is -2.32. The van der Waals surface area contributed by atoms with E-state index >= 15 is 0 Å². The highest BCUT2D eigenvalue weighted by atomic mass is 16.5. The van der Waals surface area contributed by atoms with Crippen LogP contribution >= 0.6 is 0 Å². The third kappa shape index (κ3) is 2.67. The molecular formula is C16H16N2O3. The van der Waals surface area contributed by atoms with Crippen LogP contribution in [0.3, 0.4) is 0 Å². The molecule has 0 spiro atoms. The maximum absolute atomic E-state index is 12.4. The van der Waals surface area contributed by atoms with E-state index in [0.29, 0.717) is 18.1 Å². The Kier molecular flexibility index (Phi) is 3.73. The van der Waals surface area contributed by atoms with Crippen molar-refractivity contribution >= 4 is 5.91 Å². The molecule has 0 fully saturated rings. The van der Waals surface area contributed by atoms with Gasteiger partial charge < -0.3 is 14.8 Å². The summed E-state index contributed by atoms with van der Waals surface area (Å²) in [4.78, 5) is 16.5. The molecule has 1 aliphatic rings. The number of carbonyl (C=O) groups excluding carboxylic acids is 1. The van der Waals surface area contributed by atoms with E-state index in [2.05, 4.69) is 10.3 Å². The molecule has 5 nitrogen and oxygen atoms in total. The number of fused-ring (bicyclic) bond motifs is 1. The Morgan fingerprint density at radius 3 is 3.05 bits per heavy atom. The molecule has 0 unspecified atom stereocenters. The van der Waals surface area contributed by atoms with E-state index in [4.69, 9.17) is 9.47 Å². The average molecular weight is 284 g/mol. The lowest BCUT2D eigenvalue weighted by molar-refractivity contribution is 0.0921. The van der Waals surface area contributed by atoms with Gasteiger partial charge in [0.25, 0.3) is 5.91 Å². The second kappa shape index (κ2) is 5.83. The fraction of sp³-hybridized carbons (Fsp3) is 0.250. The molecule has 3 rings (SSSR count). The van der Waals surface area contributed by atoms with Crippen LogP contribution in [0.1, 0.15) is 28.4 Å². The first-order chi connectivity index (χ1) is 10.3. The van der Waals surface area contributed by atoms with E-state index in [-0.39, 0.29) is 11.9 Å². The Balaban J connectivity index is 1.83. The number of ether oxygens (including phenoxy) is 2. The van der Waals surface area contributed by atoms with Crippen LogP contribution in [0.15, 0.2) is 42.6 Å². The molecule has 5 heteroatoms. The second-order valence-electron chi connectivity index (χ2n) is 4.76. The zero-order chi connectivity index (χ0) is 14.7. The van der Waals surface area contributed by atoms with E-state index in [1.165, 1.54) is 7.11 Å². The molecule has 0 saturated carbocycles. The number of nitrogens with one attached hydrogen (secondary N) is 1. The number of methoxy groups -OCH3 is 1. The van der Waals surface area contributed by atoms with Gasteiger partial charge in [-0.3, -0.25) is 4.79 Å². The summed E-state index contributed by atoms with van der Waals surface area (Å²) in [6, 6.07) is 11.1. The summed E-state index contributed by atoms with van der Waals surface area (Å²) in [6.45, 7) is 0.589. The van der Waals surface area contributed by atoms with Gasteiger partial charge in [-0.2, -0.15) is 0 Å². The molecule has 1 aromatic carbocycles. The summed E-state index contributed by atoms with van der Waals surface area (Å²) in [6.07, 6.45) is 2.34. The zero-order valence-corrected chi connectivity index (χ0v) is 11.7. The molecule has 1 atom stereocenters. The van der Waals surface area contributed by atoms with Crippen LogP contribution in [0.25, 0.3) is 0 Å². The van der Waals surface area contributed by atoms with E-state index in [1.54, 1.807) is 18.3 Å². The number of aromatic nitrogens is 1. The minimum absolute atomic E-state index is 0.0626. The second-order valence-corrected chi connectivity index (χ2v) is 4.76. The molecule has 1 aliphatic heterocycles. The van der Waals surface area contributed by atoms with Crippen LogP contribution in [0.4, 0.5) is 0 Å². The Morgan fingerprint density at radius 1 is 1.33 bits per heavy atom. The molecule has 0 saturated heterocycles. The van der Waals surface area contributed by atoms with Gasteiger partial charge in [-0.1, -0.05) is 18.2 Å². The highest BCUT2D eigenvalue weighted by Crippen LogP contribution is 2.31. The van der Waals surface area contributed by atoms with Gasteiger partial charge in [0.1, 0.15) is 11.3 Å². The zero-order valence-electron chi connectivity index (χ0n) is 11.7. The third-order valence-electron chi connectivity index (χ3n) is 3.47. The largest absolute Gasteiger partial charge is 0.493 e. The van der Waals surface area contributed by atoms with Crippen molar-refractivity contribution < 1.29 is 14.3 Å². The first kappa shape index (κ1) is 13.4. The van der Waals surface area contributed by atoms with Gasteiger partial charge >= 0.3 is 0 Å². The number of nitrogens with zero attached hydrogens (tertiary/aromatic N) is 1. The lowest BCUT2D eigenvalue weighted by atomic mass is 10.0. The summed E-state index contributed by atoms with van der Waals surface area (Å²) in [5.41, 5.74) is 1.43. The summed E-state index contributed by atoms with van der Waals surface area (Å²) in [5.74, 6) is 0.962. The van der Waals surface area contributed by atoms with Crippen molar-refractivity contribution in [1.29, 1.82) is 0 Å². The predicted octanol–water partition coefficient (Wildman–Crippen LogP) is 2.34. The van der Waals surface area contributed by atoms with Crippen molar-refractivity contribution in [1.82, 2.24) is 10.3 Å². The van der Waals surface area contributed by atoms with Crippen molar-refractivity contribution in [3.8, 4) is 11.6 Å². The highest BCUT2D eigenvalue weighted by molar-refractivity contribution is 5.96. The maximum Gasteiger partial charge on any atom is 0.257 e. The van der Waals surface area contributed by atoms with E-state index in [0.717, 1.165) is 17.7 Å². The predicted molar refractivity (Wildman–Crippen MR) is 77.6 cm³/mol. The molecule has 21 heavy (non-hydrogen) atoms. The number of rotatable bonds is 3. The van der Waals surface area contributed by atoms with Crippen molar-refractivity contribution in [3.05, 3.63) is 53.7 Å². The van der Waals surface area contributed by atoms with Gasteiger partial charge in [0, 0.05) is 18.2 Å². The smallest absolute Gasteiger partial charge is 0.257 e. The number of hydrogen-bond donors (Lipinski definition) is 1. The van der Waals surface area contributed by atoms with Crippen molar-refractivity contribution in [2.45, 2.75) is 12.5 Å². The Morgan fingerprint density at radius 2 is 2.19 bits per heavy atom. The van der Waals surface area contributed by atoms with Gasteiger partial charge in [0.15, 0.2) is 0 Å². The van der Waals surface area contributed by atoms with Crippen LogP contribution in [-0.4, -0.2) is 24.6 Å². The molecule has 1 N–H and O–H groups in total. The number of amides is 1. The fourth-order valence-corrected chi connectivity index (χ4v) is 2.45. The summed E-state index contributed by atoms with van der Waals surface area (Å²) in [5, 5.41) is 3.03.